The number of benzene rings is 1. The van der Waals surface area contributed by atoms with Gasteiger partial charge >= 0.3 is 12.2 Å². The molecule has 10 heteroatoms. The zero-order valence-electron chi connectivity index (χ0n) is 14.2. The van der Waals surface area contributed by atoms with E-state index in [9.17, 15) is 27.2 Å². The van der Waals surface area contributed by atoms with Crippen LogP contribution in [0.25, 0.3) is 0 Å². The molecule has 28 heavy (non-hydrogen) atoms. The number of alkyl halides is 3. The summed E-state index contributed by atoms with van der Waals surface area (Å²) in [5.41, 5.74) is -0.272. The highest BCUT2D eigenvalue weighted by atomic mass is 35.5. The number of urea groups is 1. The molecule has 2 aromatic rings. The number of nitrogens with one attached hydrogen (secondary N) is 2. The van der Waals surface area contributed by atoms with Crippen LogP contribution in [0.4, 0.5) is 28.0 Å². The third-order valence-corrected chi connectivity index (χ3v) is 5.51. The lowest BCUT2D eigenvalue weighted by atomic mass is 9.95. The van der Waals surface area contributed by atoms with Crippen molar-refractivity contribution in [3.63, 3.8) is 0 Å². The van der Waals surface area contributed by atoms with Crippen molar-refractivity contribution in [2.45, 2.75) is 37.5 Å². The number of aromatic amines is 1. The minimum atomic E-state index is -4.80. The van der Waals surface area contributed by atoms with Crippen molar-refractivity contribution in [1.82, 2.24) is 9.88 Å². The van der Waals surface area contributed by atoms with Gasteiger partial charge in [0.2, 0.25) is 5.56 Å². The van der Waals surface area contributed by atoms with Gasteiger partial charge in [0.15, 0.2) is 0 Å². The monoisotopic (exact) mass is 415 g/mol. The lowest BCUT2D eigenvalue weighted by Gasteiger charge is -2.36. The van der Waals surface area contributed by atoms with Gasteiger partial charge in [-0.05, 0) is 42.5 Å². The molecular weight excluding hydrogens is 402 g/mol. The van der Waals surface area contributed by atoms with Crippen molar-refractivity contribution < 1.29 is 22.4 Å². The molecule has 0 aliphatic carbocycles. The number of carbonyl (C=O) groups excluding carboxylic acids is 1. The van der Waals surface area contributed by atoms with Gasteiger partial charge in [0.05, 0.1) is 22.3 Å². The highest BCUT2D eigenvalue weighted by Crippen LogP contribution is 2.43. The molecule has 3 heterocycles. The van der Waals surface area contributed by atoms with E-state index in [1.807, 2.05) is 0 Å². The van der Waals surface area contributed by atoms with Gasteiger partial charge in [0.1, 0.15) is 5.82 Å². The predicted molar refractivity (Wildman–Crippen MR) is 93.8 cm³/mol. The van der Waals surface area contributed by atoms with E-state index in [1.165, 1.54) is 6.07 Å². The number of hydrogen-bond acceptors (Lipinski definition) is 2. The van der Waals surface area contributed by atoms with E-state index in [2.05, 4.69) is 10.3 Å². The average Bonchev–Trinajstić information content (AvgIpc) is 2.92. The first-order valence-corrected chi connectivity index (χ1v) is 8.90. The summed E-state index contributed by atoms with van der Waals surface area (Å²) in [6, 6.07) is 1.44. The Balaban J connectivity index is 1.61. The van der Waals surface area contributed by atoms with Gasteiger partial charge in [-0.3, -0.25) is 4.79 Å². The Labute approximate surface area is 161 Å². The van der Waals surface area contributed by atoms with Gasteiger partial charge in [-0.1, -0.05) is 11.6 Å². The fourth-order valence-electron chi connectivity index (χ4n) is 4.00. The van der Waals surface area contributed by atoms with Crippen LogP contribution in [0.15, 0.2) is 29.2 Å². The number of hydrogen-bond donors (Lipinski definition) is 2. The van der Waals surface area contributed by atoms with E-state index in [-0.39, 0.29) is 23.7 Å². The van der Waals surface area contributed by atoms with Crippen molar-refractivity contribution in [2.24, 2.45) is 0 Å². The van der Waals surface area contributed by atoms with Crippen LogP contribution in [0.1, 0.15) is 35.6 Å². The van der Waals surface area contributed by atoms with E-state index >= 15 is 0 Å². The lowest BCUT2D eigenvalue weighted by Crippen LogP contribution is -2.44. The smallest absolute Gasteiger partial charge is 0.329 e. The molecule has 2 aliphatic heterocycles. The van der Waals surface area contributed by atoms with Crippen LogP contribution < -0.4 is 10.9 Å². The van der Waals surface area contributed by atoms with Crippen LogP contribution >= 0.6 is 11.6 Å². The highest BCUT2D eigenvalue weighted by Gasteiger charge is 2.43. The number of aromatic nitrogens is 1. The van der Waals surface area contributed by atoms with Crippen LogP contribution in [0.2, 0.25) is 5.02 Å². The number of nitrogens with zero attached hydrogens (tertiary/aromatic N) is 1. The molecule has 2 aliphatic rings. The summed E-state index contributed by atoms with van der Waals surface area (Å²) < 4.78 is 52.6. The number of halogens is 5. The minimum Gasteiger partial charge on any atom is -0.329 e. The quantitative estimate of drug-likeness (QED) is 0.674. The summed E-state index contributed by atoms with van der Waals surface area (Å²) in [6.07, 6.45) is -1.36. The average molecular weight is 416 g/mol. The molecule has 0 radical (unpaired) electrons. The first-order chi connectivity index (χ1) is 13.1. The summed E-state index contributed by atoms with van der Waals surface area (Å²) in [6.45, 7) is 0. The summed E-state index contributed by atoms with van der Waals surface area (Å²) in [5, 5.41) is 1.63. The molecule has 1 aromatic heterocycles. The van der Waals surface area contributed by atoms with Gasteiger partial charge in [0, 0.05) is 18.3 Å². The van der Waals surface area contributed by atoms with Crippen molar-refractivity contribution in [2.75, 3.05) is 5.32 Å². The number of H-pyrrole nitrogens is 1. The summed E-state index contributed by atoms with van der Waals surface area (Å²) in [5.74, 6) is -1.22. The van der Waals surface area contributed by atoms with E-state index in [4.69, 9.17) is 11.6 Å². The molecule has 0 unspecified atom stereocenters. The predicted octanol–water partition coefficient (Wildman–Crippen LogP) is 4.48. The topological polar surface area (TPSA) is 65.2 Å². The molecular formula is C18H14ClF4N3O2. The largest absolute Gasteiger partial charge is 0.417 e. The number of carbonyl (C=O) groups is 1. The fourth-order valence-corrected chi connectivity index (χ4v) is 4.27. The Hall–Kier alpha value is -2.55. The third-order valence-electron chi connectivity index (χ3n) is 5.20. The van der Waals surface area contributed by atoms with Crippen LogP contribution in [0, 0.1) is 5.82 Å². The maximum Gasteiger partial charge on any atom is 0.417 e. The van der Waals surface area contributed by atoms with Gasteiger partial charge in [-0.25, -0.2) is 9.18 Å². The van der Waals surface area contributed by atoms with Crippen molar-refractivity contribution in [1.29, 1.82) is 0 Å². The molecule has 0 saturated carbocycles. The normalized spacial score (nSPS) is 20.8. The Kier molecular flexibility index (Phi) is 4.37. The number of anilines is 1. The Morgan fingerprint density at radius 1 is 1.25 bits per heavy atom. The second kappa shape index (κ2) is 6.51. The Morgan fingerprint density at radius 3 is 2.71 bits per heavy atom. The van der Waals surface area contributed by atoms with Crippen molar-refractivity contribution in [3.05, 3.63) is 62.3 Å². The van der Waals surface area contributed by atoms with Gasteiger partial charge in [-0.15, -0.1) is 0 Å². The molecule has 148 valence electrons. The molecule has 0 spiro atoms. The van der Waals surface area contributed by atoms with E-state index < -0.39 is 34.3 Å². The molecule has 1 fully saturated rings. The molecule has 2 atom stereocenters. The zero-order chi connectivity index (χ0) is 20.2. The Morgan fingerprint density at radius 2 is 2.00 bits per heavy atom. The fraction of sp³-hybridized carbons (Fsp3) is 0.333. The number of pyridine rings is 1. The number of amides is 2. The van der Waals surface area contributed by atoms with Crippen LogP contribution in [-0.2, 0) is 12.6 Å². The maximum absolute atomic E-state index is 14.1. The van der Waals surface area contributed by atoms with E-state index in [0.29, 0.717) is 19.3 Å². The molecule has 2 amide bonds. The zero-order valence-corrected chi connectivity index (χ0v) is 15.0. The first kappa shape index (κ1) is 18.8. The van der Waals surface area contributed by atoms with Crippen LogP contribution in [0.5, 0.6) is 0 Å². The second-order valence-electron chi connectivity index (χ2n) is 6.88. The molecule has 1 saturated heterocycles. The molecule has 2 N–H and O–H groups in total. The molecule has 4 rings (SSSR count). The van der Waals surface area contributed by atoms with Gasteiger partial charge < -0.3 is 15.2 Å². The summed E-state index contributed by atoms with van der Waals surface area (Å²) in [7, 11) is 0. The van der Waals surface area contributed by atoms with E-state index in [0.717, 1.165) is 17.2 Å². The van der Waals surface area contributed by atoms with Crippen LogP contribution in [-0.4, -0.2) is 22.0 Å². The Bertz CT molecular complexity index is 1020. The number of fused-ring (bicyclic) bond motifs is 4. The minimum absolute atomic E-state index is 0.174. The lowest BCUT2D eigenvalue weighted by molar-refractivity contribution is -0.137. The SMILES string of the molecule is O=C(Nc1cc(Cl)c(C(F)(F)F)cc1F)N1[C@H]2CC[C@@H]1c1c[nH]c(=O)cc1C2. The summed E-state index contributed by atoms with van der Waals surface area (Å²) in [4.78, 5) is 28.4. The highest BCUT2D eigenvalue weighted by molar-refractivity contribution is 6.31. The second-order valence-corrected chi connectivity index (χ2v) is 7.28. The number of rotatable bonds is 1. The maximum atomic E-state index is 14.1. The van der Waals surface area contributed by atoms with Gasteiger partial charge in [-0.2, -0.15) is 13.2 Å². The molecule has 5 nitrogen and oxygen atoms in total. The first-order valence-electron chi connectivity index (χ1n) is 8.52. The standard InChI is InChI=1S/C18H14ClF4N3O2/c19-12-6-14(13(20)5-11(12)18(21,22)23)25-17(28)26-9-1-2-15(26)10-7-24-16(27)4-8(10)3-9/h4-7,9,15H,1-3H2,(H,24,27)(H,25,28)/t9-,15+/m0/s1. The van der Waals surface area contributed by atoms with Crippen molar-refractivity contribution >= 4 is 23.3 Å². The van der Waals surface area contributed by atoms with Crippen molar-refractivity contribution in [3.8, 4) is 0 Å². The molecule has 2 bridgehead atoms. The van der Waals surface area contributed by atoms with Gasteiger partial charge in [0.25, 0.3) is 0 Å². The third kappa shape index (κ3) is 3.13. The van der Waals surface area contributed by atoms with Crippen LogP contribution in [0.3, 0.4) is 0 Å². The summed E-state index contributed by atoms with van der Waals surface area (Å²) >= 11 is 5.62. The molecule has 1 aromatic carbocycles. The van der Waals surface area contributed by atoms with E-state index in [1.54, 1.807) is 11.1 Å².